The number of amides is 1. The molecule has 2 aliphatic rings. The first-order chi connectivity index (χ1) is 26.0. The van der Waals surface area contributed by atoms with Gasteiger partial charge in [0.2, 0.25) is 0 Å². The van der Waals surface area contributed by atoms with E-state index in [2.05, 4.69) is 10.4 Å². The van der Waals surface area contributed by atoms with Crippen molar-refractivity contribution >= 4 is 36.7 Å². The molecule has 3 aromatic rings. The number of pyridine rings is 2. The highest BCUT2D eigenvalue weighted by molar-refractivity contribution is 7.52. The second-order valence-electron chi connectivity index (χ2n) is 16.7. The van der Waals surface area contributed by atoms with Crippen LogP contribution >= 0.6 is 7.75 Å². The summed E-state index contributed by atoms with van der Waals surface area (Å²) < 4.78 is 44.2. The molecule has 0 saturated heterocycles. The minimum absolute atomic E-state index is 0.0186. The summed E-state index contributed by atoms with van der Waals surface area (Å²) in [4.78, 5) is 56.5. The van der Waals surface area contributed by atoms with E-state index < -0.39 is 48.1 Å². The number of aryl methyl sites for hydroxylation is 1. The van der Waals surface area contributed by atoms with E-state index in [1.54, 1.807) is 77.3 Å². The first-order valence-corrected chi connectivity index (χ1v) is 20.6. The number of nitrogens with zero attached hydrogens (tertiary/aromatic N) is 2. The molecule has 0 fully saturated rings. The number of carbonyl (C=O) groups excluding carboxylic acids is 3. The molecular formula is C40H55N4O11P. The van der Waals surface area contributed by atoms with Crippen LogP contribution in [0.15, 0.2) is 29.1 Å². The van der Waals surface area contributed by atoms with Crippen LogP contribution in [-0.2, 0) is 58.1 Å². The van der Waals surface area contributed by atoms with Gasteiger partial charge in [0.05, 0.1) is 35.6 Å². The molecule has 15 nitrogen and oxygen atoms in total. The molecular weight excluding hydrogens is 743 g/mol. The van der Waals surface area contributed by atoms with Gasteiger partial charge in [0.1, 0.15) is 29.1 Å². The number of alkyl carbamates (subject to hydrolysis) is 1. The van der Waals surface area contributed by atoms with Gasteiger partial charge in [-0.05, 0) is 117 Å². The number of fused-ring (bicyclic) bond motifs is 5. The molecule has 4 heterocycles. The number of benzene rings is 1. The van der Waals surface area contributed by atoms with Crippen LogP contribution in [0.25, 0.3) is 22.3 Å². The zero-order valence-corrected chi connectivity index (χ0v) is 34.9. The van der Waals surface area contributed by atoms with Crippen molar-refractivity contribution in [2.75, 3.05) is 13.2 Å². The second-order valence-corrected chi connectivity index (χ2v) is 18.4. The fraction of sp³-hybridized carbons (Fsp3) is 0.575. The third-order valence-electron chi connectivity index (χ3n) is 9.43. The second kappa shape index (κ2) is 15.9. The van der Waals surface area contributed by atoms with Crippen LogP contribution in [0.4, 0.5) is 4.79 Å². The number of aliphatic hydroxyl groups is 1. The number of ether oxygens (including phenoxy) is 3. The van der Waals surface area contributed by atoms with E-state index >= 15 is 0 Å². The summed E-state index contributed by atoms with van der Waals surface area (Å²) in [5, 5.41) is 17.5. The monoisotopic (exact) mass is 798 g/mol. The molecule has 0 spiro atoms. The quantitative estimate of drug-likeness (QED) is 0.0539. The molecule has 2 aromatic heterocycles. The summed E-state index contributed by atoms with van der Waals surface area (Å²) in [7, 11) is -4.25. The summed E-state index contributed by atoms with van der Waals surface area (Å²) in [6.45, 7) is 17.7. The van der Waals surface area contributed by atoms with Crippen LogP contribution in [0, 0.1) is 0 Å². The van der Waals surface area contributed by atoms with Crippen LogP contribution in [0.3, 0.4) is 0 Å². The van der Waals surface area contributed by atoms with Crippen LogP contribution in [0.2, 0.25) is 0 Å². The number of nitrogens with one attached hydrogen (secondary N) is 2. The third-order valence-corrected chi connectivity index (χ3v) is 11.2. The highest BCUT2D eigenvalue weighted by atomic mass is 31.2. The standard InChI is InChI=1S/C40H55N4O11P/c1-11-25-26-20-24(16-17-30(26)42-32-27(25)22-44-31(32)21-29-28(33(44)45)23-51-35(47)40(29,49)12-2)55-56(50,43-39(9,10)34(46)53-37(3,4)5)52-19-15-13-14-18-41-36(48)54-38(6,7)8/h16-17,20-21,49H,11-15,18-19,22-23H2,1-10H3,(H,41,48)(H,43,50)/t40-,56?/m0/s1. The van der Waals surface area contributed by atoms with Crippen molar-refractivity contribution in [3.05, 3.63) is 56.9 Å². The van der Waals surface area contributed by atoms with E-state index in [0.29, 0.717) is 54.5 Å². The average molecular weight is 799 g/mol. The minimum Gasteiger partial charge on any atom is -0.459 e. The van der Waals surface area contributed by atoms with Crippen molar-refractivity contribution in [3.63, 3.8) is 0 Å². The maximum absolute atomic E-state index is 14.5. The molecule has 16 heteroatoms. The largest absolute Gasteiger partial charge is 0.459 e. The zero-order valence-electron chi connectivity index (χ0n) is 34.0. The molecule has 2 aliphatic heterocycles. The lowest BCUT2D eigenvalue weighted by Crippen LogP contribution is -2.49. The smallest absolute Gasteiger partial charge is 0.459 e. The normalized spacial score (nSPS) is 17.7. The number of aromatic nitrogens is 2. The van der Waals surface area contributed by atoms with Gasteiger partial charge in [0, 0.05) is 23.1 Å². The molecule has 0 radical (unpaired) electrons. The Morgan fingerprint density at radius 1 is 0.982 bits per heavy atom. The minimum atomic E-state index is -4.25. The zero-order chi connectivity index (χ0) is 41.4. The lowest BCUT2D eigenvalue weighted by Gasteiger charge is -2.32. The third kappa shape index (κ3) is 9.28. The molecule has 1 amide bonds. The van der Waals surface area contributed by atoms with Gasteiger partial charge in [-0.25, -0.2) is 19.1 Å². The van der Waals surface area contributed by atoms with Crippen LogP contribution < -0.4 is 20.5 Å². The Balaban J connectivity index is 1.41. The highest BCUT2D eigenvalue weighted by Crippen LogP contribution is 2.48. The molecule has 56 heavy (non-hydrogen) atoms. The van der Waals surface area contributed by atoms with E-state index in [-0.39, 0.29) is 48.6 Å². The summed E-state index contributed by atoms with van der Waals surface area (Å²) in [5.41, 5.74) is -1.40. The van der Waals surface area contributed by atoms with E-state index in [1.165, 1.54) is 13.8 Å². The highest BCUT2D eigenvalue weighted by Gasteiger charge is 2.46. The Morgan fingerprint density at radius 2 is 1.68 bits per heavy atom. The number of cyclic esters (lactones) is 1. The first kappa shape index (κ1) is 42.8. The Bertz CT molecular complexity index is 2130. The van der Waals surface area contributed by atoms with Crippen molar-refractivity contribution in [2.24, 2.45) is 0 Å². The van der Waals surface area contributed by atoms with Crippen LogP contribution in [0.1, 0.15) is 117 Å². The molecule has 5 rings (SSSR count). The molecule has 1 unspecified atom stereocenters. The first-order valence-electron chi connectivity index (χ1n) is 19.1. The summed E-state index contributed by atoms with van der Waals surface area (Å²) >= 11 is 0. The molecule has 2 atom stereocenters. The van der Waals surface area contributed by atoms with Gasteiger partial charge >= 0.3 is 25.8 Å². The molecule has 0 saturated carbocycles. The van der Waals surface area contributed by atoms with E-state index in [9.17, 15) is 28.8 Å². The van der Waals surface area contributed by atoms with Crippen molar-refractivity contribution < 1.29 is 47.3 Å². The molecule has 0 bridgehead atoms. The lowest BCUT2D eigenvalue weighted by molar-refractivity contribution is -0.172. The number of rotatable bonds is 14. The predicted molar refractivity (Wildman–Crippen MR) is 209 cm³/mol. The van der Waals surface area contributed by atoms with Crippen molar-refractivity contribution in [2.45, 2.75) is 137 Å². The number of esters is 2. The Kier molecular flexibility index (Phi) is 12.2. The fourth-order valence-electron chi connectivity index (χ4n) is 6.71. The lowest BCUT2D eigenvalue weighted by atomic mass is 9.86. The summed E-state index contributed by atoms with van der Waals surface area (Å²) in [6, 6.07) is 6.69. The maximum Gasteiger partial charge on any atom is 0.459 e. The Morgan fingerprint density at radius 3 is 2.32 bits per heavy atom. The van der Waals surface area contributed by atoms with Gasteiger partial charge in [-0.1, -0.05) is 13.8 Å². The van der Waals surface area contributed by atoms with Crippen molar-refractivity contribution in [1.29, 1.82) is 0 Å². The van der Waals surface area contributed by atoms with Gasteiger partial charge in [0.15, 0.2) is 5.60 Å². The van der Waals surface area contributed by atoms with Gasteiger partial charge < -0.3 is 33.7 Å². The summed E-state index contributed by atoms with van der Waals surface area (Å²) in [5.74, 6) is -1.25. The van der Waals surface area contributed by atoms with Gasteiger partial charge in [0.25, 0.3) is 5.56 Å². The van der Waals surface area contributed by atoms with Gasteiger partial charge in [-0.3, -0.25) is 14.1 Å². The van der Waals surface area contributed by atoms with E-state index in [4.69, 9.17) is 28.2 Å². The number of carbonyl (C=O) groups is 3. The summed E-state index contributed by atoms with van der Waals surface area (Å²) in [6.07, 6.45) is 1.81. The van der Waals surface area contributed by atoms with Gasteiger partial charge in [-0.2, -0.15) is 5.09 Å². The average Bonchev–Trinajstić information content (AvgIpc) is 3.45. The molecule has 0 aliphatic carbocycles. The van der Waals surface area contributed by atoms with Crippen LogP contribution in [0.5, 0.6) is 5.75 Å². The van der Waals surface area contributed by atoms with E-state index in [1.807, 2.05) is 6.92 Å². The number of hydrogen-bond acceptors (Lipinski definition) is 12. The topological polar surface area (TPSA) is 194 Å². The van der Waals surface area contributed by atoms with Crippen molar-refractivity contribution in [3.8, 4) is 17.1 Å². The Labute approximate surface area is 327 Å². The molecule has 306 valence electrons. The fourth-order valence-corrected chi connectivity index (χ4v) is 8.41. The number of hydrogen-bond donors (Lipinski definition) is 3. The maximum atomic E-state index is 14.5. The SMILES string of the molecule is CCc1c2c(nc3ccc(OP(=O)(NC(C)(C)C(=O)OC(C)(C)C)OCCCCCNC(=O)OC(C)(C)C)cc13)-c1cc3c(c(=O)n1C2)COC(=O)[C@]3(O)CC. The molecule has 3 N–H and O–H groups in total. The van der Waals surface area contributed by atoms with Crippen LogP contribution in [-0.4, -0.2) is 62.6 Å². The predicted octanol–water partition coefficient (Wildman–Crippen LogP) is 6.55. The Hall–Kier alpha value is -4.30. The van der Waals surface area contributed by atoms with Gasteiger partial charge in [-0.15, -0.1) is 0 Å². The molecule has 1 aromatic carbocycles. The van der Waals surface area contributed by atoms with Crippen molar-refractivity contribution in [1.82, 2.24) is 20.0 Å². The number of unbranched alkanes of at least 4 members (excludes halogenated alkanes) is 2. The van der Waals surface area contributed by atoms with E-state index in [0.717, 1.165) is 11.1 Å².